The minimum Gasteiger partial charge on any atom is -0.387 e. The third kappa shape index (κ3) is 4.97. The highest BCUT2D eigenvalue weighted by Gasteiger charge is 2.45. The Morgan fingerprint density at radius 1 is 1.13 bits per heavy atom. The topological polar surface area (TPSA) is 77.4 Å². The molecule has 1 aromatic carbocycles. The maximum absolute atomic E-state index is 10.5. The monoisotopic (exact) mass is 326 g/mol. The Morgan fingerprint density at radius 3 is 2.52 bits per heavy atom. The minimum absolute atomic E-state index is 0.162. The summed E-state index contributed by atoms with van der Waals surface area (Å²) < 4.78 is 21.9. The molecule has 1 aliphatic rings. The Morgan fingerprint density at radius 2 is 1.87 bits per heavy atom. The van der Waals surface area contributed by atoms with Crippen molar-refractivity contribution in [3.63, 3.8) is 0 Å². The van der Waals surface area contributed by atoms with E-state index in [1.807, 2.05) is 37.3 Å². The normalized spacial score (nSPS) is 31.2. The first-order valence-electron chi connectivity index (χ1n) is 7.95. The number of methoxy groups -OCH3 is 1. The van der Waals surface area contributed by atoms with Gasteiger partial charge >= 0.3 is 0 Å². The van der Waals surface area contributed by atoms with Crippen molar-refractivity contribution in [3.05, 3.63) is 35.9 Å². The summed E-state index contributed by atoms with van der Waals surface area (Å²) in [4.78, 5) is 0. The van der Waals surface area contributed by atoms with Crippen molar-refractivity contribution in [2.45, 2.75) is 50.7 Å². The summed E-state index contributed by atoms with van der Waals surface area (Å²) in [5.74, 6) is 0. The summed E-state index contributed by atoms with van der Waals surface area (Å²) in [6.45, 7) is 3.03. The van der Waals surface area contributed by atoms with E-state index < -0.39 is 30.7 Å². The molecule has 2 N–H and O–H groups in total. The van der Waals surface area contributed by atoms with Crippen LogP contribution in [-0.2, 0) is 25.6 Å². The largest absolute Gasteiger partial charge is 0.387 e. The molecule has 0 spiro atoms. The van der Waals surface area contributed by atoms with E-state index in [2.05, 4.69) is 0 Å². The molecule has 0 saturated carbocycles. The molecule has 2 rings (SSSR count). The zero-order chi connectivity index (χ0) is 16.7. The molecular weight excluding hydrogens is 300 g/mol. The fourth-order valence-electron chi connectivity index (χ4n) is 2.61. The Hall–Kier alpha value is -1.02. The second kappa shape index (κ2) is 9.32. The van der Waals surface area contributed by atoms with Crippen molar-refractivity contribution in [1.29, 1.82) is 0 Å². The van der Waals surface area contributed by atoms with Gasteiger partial charge in [0.1, 0.15) is 24.4 Å². The van der Waals surface area contributed by atoms with Crippen molar-refractivity contribution in [2.24, 2.45) is 0 Å². The molecule has 0 aliphatic carbocycles. The number of benzene rings is 1. The summed E-state index contributed by atoms with van der Waals surface area (Å²) >= 11 is 0. The molecule has 1 fully saturated rings. The standard InChI is InChI=1S/C17H26O6/c1-3-9-22-15-14(18)13(23-17(19)16(15)20-2)11-21-10-12-7-5-4-6-8-12/h4-8,13-19H,3,9-11H2,1-2H3/t13-,14-,15+,16-,17?/m1/s1. The molecule has 0 amide bonds. The highest BCUT2D eigenvalue weighted by molar-refractivity contribution is 5.13. The Bertz CT molecular complexity index is 440. The predicted molar refractivity (Wildman–Crippen MR) is 83.8 cm³/mol. The average Bonchev–Trinajstić information content (AvgIpc) is 2.57. The molecule has 23 heavy (non-hydrogen) atoms. The molecule has 6 nitrogen and oxygen atoms in total. The lowest BCUT2D eigenvalue weighted by Crippen LogP contribution is -2.60. The van der Waals surface area contributed by atoms with Crippen LogP contribution >= 0.6 is 0 Å². The van der Waals surface area contributed by atoms with Gasteiger partial charge < -0.3 is 29.2 Å². The molecule has 0 aromatic heterocycles. The number of hydrogen-bond donors (Lipinski definition) is 2. The van der Waals surface area contributed by atoms with E-state index in [1.54, 1.807) is 0 Å². The van der Waals surface area contributed by atoms with Crippen LogP contribution < -0.4 is 0 Å². The number of rotatable bonds is 8. The van der Waals surface area contributed by atoms with E-state index >= 15 is 0 Å². The highest BCUT2D eigenvalue weighted by atomic mass is 16.7. The second-order valence-electron chi connectivity index (χ2n) is 5.59. The van der Waals surface area contributed by atoms with Crippen LogP contribution in [0.5, 0.6) is 0 Å². The third-order valence-corrected chi connectivity index (χ3v) is 3.82. The van der Waals surface area contributed by atoms with Crippen molar-refractivity contribution in [3.8, 4) is 0 Å². The molecule has 0 bridgehead atoms. The van der Waals surface area contributed by atoms with Crippen LogP contribution in [0.15, 0.2) is 30.3 Å². The molecular formula is C17H26O6. The SMILES string of the molecule is CCCO[C@H]1[C@H](O)[C@@H](COCc2ccccc2)OC(O)[C@@H]1OC. The van der Waals surface area contributed by atoms with Crippen LogP contribution in [0.25, 0.3) is 0 Å². The fraction of sp³-hybridized carbons (Fsp3) is 0.647. The van der Waals surface area contributed by atoms with Crippen LogP contribution in [0.1, 0.15) is 18.9 Å². The zero-order valence-corrected chi connectivity index (χ0v) is 13.6. The Labute approximate surface area is 136 Å². The Kier molecular flexibility index (Phi) is 7.42. The van der Waals surface area contributed by atoms with Crippen LogP contribution in [0.3, 0.4) is 0 Å². The molecule has 1 unspecified atom stereocenters. The van der Waals surface area contributed by atoms with Gasteiger partial charge in [-0.3, -0.25) is 0 Å². The van der Waals surface area contributed by atoms with Gasteiger partial charge in [-0.05, 0) is 12.0 Å². The smallest absolute Gasteiger partial charge is 0.184 e. The number of ether oxygens (including phenoxy) is 4. The molecule has 6 heteroatoms. The maximum atomic E-state index is 10.5. The van der Waals surface area contributed by atoms with Gasteiger partial charge in [-0.2, -0.15) is 0 Å². The number of aliphatic hydroxyl groups is 2. The Balaban J connectivity index is 1.90. The van der Waals surface area contributed by atoms with Crippen LogP contribution in [0.2, 0.25) is 0 Å². The van der Waals surface area contributed by atoms with Gasteiger partial charge in [0.2, 0.25) is 0 Å². The molecule has 1 saturated heterocycles. The lowest BCUT2D eigenvalue weighted by atomic mass is 9.99. The van der Waals surface area contributed by atoms with Gasteiger partial charge in [0.05, 0.1) is 13.2 Å². The summed E-state index contributed by atoms with van der Waals surface area (Å²) in [5.41, 5.74) is 1.03. The molecule has 0 radical (unpaired) electrons. The minimum atomic E-state index is -1.16. The lowest BCUT2D eigenvalue weighted by Gasteiger charge is -2.41. The molecule has 5 atom stereocenters. The van der Waals surface area contributed by atoms with E-state index in [0.717, 1.165) is 12.0 Å². The zero-order valence-electron chi connectivity index (χ0n) is 13.6. The fourth-order valence-corrected chi connectivity index (χ4v) is 2.61. The van der Waals surface area contributed by atoms with Crippen LogP contribution in [0.4, 0.5) is 0 Å². The van der Waals surface area contributed by atoms with Gasteiger partial charge in [0.15, 0.2) is 6.29 Å². The predicted octanol–water partition coefficient (Wildman–Crippen LogP) is 1.09. The van der Waals surface area contributed by atoms with Gasteiger partial charge in [0, 0.05) is 13.7 Å². The molecule has 1 aliphatic heterocycles. The molecule has 1 aromatic rings. The first-order chi connectivity index (χ1) is 11.2. The van der Waals surface area contributed by atoms with E-state index in [-0.39, 0.29) is 6.61 Å². The van der Waals surface area contributed by atoms with Crippen LogP contribution in [0, 0.1) is 0 Å². The van der Waals surface area contributed by atoms with Crippen molar-refractivity contribution < 1.29 is 29.2 Å². The highest BCUT2D eigenvalue weighted by Crippen LogP contribution is 2.25. The molecule has 130 valence electrons. The summed E-state index contributed by atoms with van der Waals surface area (Å²) in [6.07, 6.45) is -3.30. The van der Waals surface area contributed by atoms with Gasteiger partial charge in [-0.1, -0.05) is 37.3 Å². The maximum Gasteiger partial charge on any atom is 0.184 e. The summed E-state index contributed by atoms with van der Waals surface area (Å²) in [5, 5.41) is 20.5. The van der Waals surface area contributed by atoms with E-state index in [0.29, 0.717) is 13.2 Å². The third-order valence-electron chi connectivity index (χ3n) is 3.82. The quantitative estimate of drug-likeness (QED) is 0.745. The van der Waals surface area contributed by atoms with Crippen molar-refractivity contribution >= 4 is 0 Å². The van der Waals surface area contributed by atoms with Gasteiger partial charge in [0.25, 0.3) is 0 Å². The van der Waals surface area contributed by atoms with E-state index in [9.17, 15) is 10.2 Å². The van der Waals surface area contributed by atoms with Crippen molar-refractivity contribution in [1.82, 2.24) is 0 Å². The number of hydrogen-bond acceptors (Lipinski definition) is 6. The van der Waals surface area contributed by atoms with E-state index in [1.165, 1.54) is 7.11 Å². The first kappa shape index (κ1) is 18.3. The van der Waals surface area contributed by atoms with Gasteiger partial charge in [-0.15, -0.1) is 0 Å². The van der Waals surface area contributed by atoms with Crippen molar-refractivity contribution in [2.75, 3.05) is 20.3 Å². The molecule has 1 heterocycles. The van der Waals surface area contributed by atoms with Gasteiger partial charge in [-0.25, -0.2) is 0 Å². The van der Waals surface area contributed by atoms with E-state index in [4.69, 9.17) is 18.9 Å². The summed E-state index contributed by atoms with van der Waals surface area (Å²) in [6, 6.07) is 9.73. The second-order valence-corrected chi connectivity index (χ2v) is 5.59. The van der Waals surface area contributed by atoms with Crippen LogP contribution in [-0.4, -0.2) is 61.2 Å². The summed E-state index contributed by atoms with van der Waals surface area (Å²) in [7, 11) is 1.46. The lowest BCUT2D eigenvalue weighted by molar-refractivity contribution is -0.301. The first-order valence-corrected chi connectivity index (χ1v) is 7.95. The average molecular weight is 326 g/mol. The number of aliphatic hydroxyl groups excluding tert-OH is 2.